The number of hydrogen-bond acceptors (Lipinski definition) is 7. The zero-order valence-electron chi connectivity index (χ0n) is 12.1. The summed E-state index contributed by atoms with van der Waals surface area (Å²) in [5.41, 5.74) is 0. The molecule has 0 aliphatic carbocycles. The van der Waals surface area contributed by atoms with E-state index in [4.69, 9.17) is 25.2 Å². The van der Waals surface area contributed by atoms with Gasteiger partial charge in [0.1, 0.15) is 23.0 Å². The average molecular weight is 304 g/mol. The number of ether oxygens (including phenoxy) is 1. The van der Waals surface area contributed by atoms with Crippen LogP contribution < -0.4 is 0 Å². The van der Waals surface area contributed by atoms with Crippen LogP contribution >= 0.6 is 0 Å². The maximum atomic E-state index is 9.18. The first kappa shape index (κ1) is 21.5. The minimum atomic E-state index is -1.49. The summed E-state index contributed by atoms with van der Waals surface area (Å²) in [5.74, 6) is -1.64. The van der Waals surface area contributed by atoms with Gasteiger partial charge >= 0.3 is 0 Å². The van der Waals surface area contributed by atoms with Gasteiger partial charge in [-0.05, 0) is 6.42 Å². The maximum absolute atomic E-state index is 9.18. The first-order valence-electron chi connectivity index (χ1n) is 6.07. The first-order valence-corrected chi connectivity index (χ1v) is 6.07. The summed E-state index contributed by atoms with van der Waals surface area (Å²) < 4.78 is 4.77. The molecule has 0 saturated heterocycles. The second kappa shape index (κ2) is 10.9. The molecule has 0 aromatic rings. The SMILES string of the molecule is C=C(O)C(O)C(=C)OC(=C)C(O)C(=C)O.CCCC(O)O. The molecule has 0 aliphatic rings. The van der Waals surface area contributed by atoms with E-state index in [0.29, 0.717) is 6.42 Å². The van der Waals surface area contributed by atoms with E-state index in [9.17, 15) is 10.2 Å². The van der Waals surface area contributed by atoms with Crippen LogP contribution in [0.2, 0.25) is 0 Å². The van der Waals surface area contributed by atoms with Crippen LogP contribution in [0, 0.1) is 0 Å². The number of aliphatic hydroxyl groups is 6. The van der Waals surface area contributed by atoms with Crippen LogP contribution in [0.3, 0.4) is 0 Å². The molecule has 7 heteroatoms. The number of rotatable bonds is 8. The lowest BCUT2D eigenvalue weighted by Crippen LogP contribution is -2.19. The monoisotopic (exact) mass is 304 g/mol. The number of hydrogen-bond donors (Lipinski definition) is 6. The Labute approximate surface area is 124 Å². The second-order valence-electron chi connectivity index (χ2n) is 4.09. The fourth-order valence-corrected chi connectivity index (χ4v) is 0.910. The summed E-state index contributed by atoms with van der Waals surface area (Å²) in [4.78, 5) is 0. The van der Waals surface area contributed by atoms with Crippen molar-refractivity contribution >= 4 is 0 Å². The van der Waals surface area contributed by atoms with Crippen LogP contribution in [-0.4, -0.2) is 49.1 Å². The molecule has 2 unspecified atom stereocenters. The zero-order chi connectivity index (χ0) is 17.2. The van der Waals surface area contributed by atoms with Gasteiger partial charge in [0.2, 0.25) is 0 Å². The Morgan fingerprint density at radius 1 is 0.857 bits per heavy atom. The molecule has 0 aliphatic heterocycles. The van der Waals surface area contributed by atoms with Gasteiger partial charge in [0.15, 0.2) is 18.5 Å². The highest BCUT2D eigenvalue weighted by Crippen LogP contribution is 2.16. The minimum absolute atomic E-state index is 0.271. The second-order valence-corrected chi connectivity index (χ2v) is 4.09. The molecule has 6 N–H and O–H groups in total. The molecule has 0 heterocycles. The van der Waals surface area contributed by atoms with Crippen LogP contribution in [0.1, 0.15) is 19.8 Å². The van der Waals surface area contributed by atoms with Crippen molar-refractivity contribution in [1.82, 2.24) is 0 Å². The fourth-order valence-electron chi connectivity index (χ4n) is 0.910. The minimum Gasteiger partial charge on any atom is -0.510 e. The highest BCUT2D eigenvalue weighted by molar-refractivity contribution is 5.14. The Morgan fingerprint density at radius 2 is 1.19 bits per heavy atom. The van der Waals surface area contributed by atoms with Crippen molar-refractivity contribution in [3.8, 4) is 0 Å². The lowest BCUT2D eigenvalue weighted by atomic mass is 10.2. The highest BCUT2D eigenvalue weighted by Gasteiger charge is 2.19. The Kier molecular flexibility index (Phi) is 11.2. The van der Waals surface area contributed by atoms with E-state index >= 15 is 0 Å². The smallest absolute Gasteiger partial charge is 0.167 e. The van der Waals surface area contributed by atoms with Crippen molar-refractivity contribution in [2.24, 2.45) is 0 Å². The van der Waals surface area contributed by atoms with Gasteiger partial charge in [-0.2, -0.15) is 0 Å². The van der Waals surface area contributed by atoms with Gasteiger partial charge in [-0.25, -0.2) is 0 Å². The van der Waals surface area contributed by atoms with Gasteiger partial charge in [0, 0.05) is 0 Å². The zero-order valence-corrected chi connectivity index (χ0v) is 12.1. The van der Waals surface area contributed by atoms with Crippen molar-refractivity contribution < 1.29 is 35.4 Å². The van der Waals surface area contributed by atoms with Gasteiger partial charge in [-0.15, -0.1) is 0 Å². The van der Waals surface area contributed by atoms with Crippen LogP contribution in [0.5, 0.6) is 0 Å². The molecule has 0 fully saturated rings. The molecule has 0 radical (unpaired) electrons. The van der Waals surface area contributed by atoms with E-state index in [-0.39, 0.29) is 11.5 Å². The van der Waals surface area contributed by atoms with E-state index < -0.39 is 30.0 Å². The van der Waals surface area contributed by atoms with Gasteiger partial charge in [0.05, 0.1) is 0 Å². The van der Waals surface area contributed by atoms with Gasteiger partial charge in [-0.1, -0.05) is 39.7 Å². The molecule has 122 valence electrons. The first-order chi connectivity index (χ1) is 9.54. The highest BCUT2D eigenvalue weighted by atomic mass is 16.5. The Bertz CT molecular complexity index is 344. The summed E-state index contributed by atoms with van der Waals surface area (Å²) in [6.45, 7) is 14.6. The van der Waals surface area contributed by atoms with E-state index in [1.54, 1.807) is 0 Å². The summed E-state index contributed by atoms with van der Waals surface area (Å²) >= 11 is 0. The largest absolute Gasteiger partial charge is 0.510 e. The summed E-state index contributed by atoms with van der Waals surface area (Å²) in [7, 11) is 0. The molecule has 2 atom stereocenters. The normalized spacial score (nSPS) is 12.7. The molecule has 0 bridgehead atoms. The molecule has 0 amide bonds. The topological polar surface area (TPSA) is 131 Å². The summed E-state index contributed by atoms with van der Waals surface area (Å²) in [5, 5.41) is 52.2. The van der Waals surface area contributed by atoms with Crippen molar-refractivity contribution in [2.75, 3.05) is 0 Å². The van der Waals surface area contributed by atoms with Crippen LogP contribution in [0.25, 0.3) is 0 Å². The Balaban J connectivity index is 0. The summed E-state index contributed by atoms with van der Waals surface area (Å²) in [6, 6.07) is 0. The lowest BCUT2D eigenvalue weighted by molar-refractivity contribution is -0.0453. The molecule has 0 aromatic carbocycles. The molecule has 21 heavy (non-hydrogen) atoms. The predicted octanol–water partition coefficient (Wildman–Crippen LogP) is 0.993. The van der Waals surface area contributed by atoms with Crippen molar-refractivity contribution in [3.05, 3.63) is 49.4 Å². The third-order valence-electron chi connectivity index (χ3n) is 2.05. The van der Waals surface area contributed by atoms with Crippen molar-refractivity contribution in [2.45, 2.75) is 38.3 Å². The molecule has 0 aromatic heterocycles. The lowest BCUT2D eigenvalue weighted by Gasteiger charge is -2.17. The van der Waals surface area contributed by atoms with E-state index in [1.807, 2.05) is 6.92 Å². The van der Waals surface area contributed by atoms with Crippen LogP contribution in [-0.2, 0) is 4.74 Å². The van der Waals surface area contributed by atoms with Gasteiger partial charge in [0.25, 0.3) is 0 Å². The predicted molar refractivity (Wildman–Crippen MR) is 78.0 cm³/mol. The third kappa shape index (κ3) is 10.6. The third-order valence-corrected chi connectivity index (χ3v) is 2.05. The molecule has 0 spiro atoms. The summed E-state index contributed by atoms with van der Waals surface area (Å²) in [6.07, 6.45) is -2.76. The molecule has 0 saturated carbocycles. The fraction of sp³-hybridized carbons (Fsp3) is 0.429. The van der Waals surface area contributed by atoms with Crippen LogP contribution in [0.4, 0.5) is 0 Å². The standard InChI is InChI=1S/C10H14O5.C4H10O2/c1-5(11)9(13)7(3)15-8(4)10(14)6(2)12;1-2-3-4(5)6/h9-14H,1-4H2;4-6H,2-3H2,1H3. The molecular formula is C14H24O7. The average Bonchev–Trinajstić information content (AvgIpc) is 2.36. The van der Waals surface area contributed by atoms with Crippen LogP contribution in [0.15, 0.2) is 49.4 Å². The molecular weight excluding hydrogens is 280 g/mol. The van der Waals surface area contributed by atoms with E-state index in [0.717, 1.165) is 6.42 Å². The quantitative estimate of drug-likeness (QED) is 0.291. The van der Waals surface area contributed by atoms with Crippen molar-refractivity contribution in [3.63, 3.8) is 0 Å². The van der Waals surface area contributed by atoms with Gasteiger partial charge < -0.3 is 35.4 Å². The molecule has 0 rings (SSSR count). The molecule has 7 nitrogen and oxygen atoms in total. The van der Waals surface area contributed by atoms with E-state index in [1.165, 1.54) is 0 Å². The van der Waals surface area contributed by atoms with Gasteiger partial charge in [-0.3, -0.25) is 0 Å². The van der Waals surface area contributed by atoms with E-state index in [2.05, 4.69) is 26.3 Å². The maximum Gasteiger partial charge on any atom is 0.167 e. The Morgan fingerprint density at radius 3 is 1.33 bits per heavy atom. The Hall–Kier alpha value is -1.80. The number of aliphatic hydroxyl groups excluding tert-OH is 5. The van der Waals surface area contributed by atoms with Crippen molar-refractivity contribution in [1.29, 1.82) is 0 Å².